The van der Waals surface area contributed by atoms with E-state index in [-0.39, 0.29) is 17.9 Å². The van der Waals surface area contributed by atoms with Gasteiger partial charge < -0.3 is 21.3 Å². The van der Waals surface area contributed by atoms with Crippen molar-refractivity contribution in [1.82, 2.24) is 10.2 Å². The highest BCUT2D eigenvalue weighted by Gasteiger charge is 2.30. The van der Waals surface area contributed by atoms with Crippen LogP contribution in [0.1, 0.15) is 49.7 Å². The third kappa shape index (κ3) is 7.02. The van der Waals surface area contributed by atoms with Crippen LogP contribution in [0.25, 0.3) is 0 Å². The van der Waals surface area contributed by atoms with Crippen LogP contribution in [0.5, 0.6) is 0 Å². The minimum atomic E-state index is -0.170. The molecule has 2 aromatic rings. The molecule has 5 nitrogen and oxygen atoms in total. The molecule has 0 bridgehead atoms. The van der Waals surface area contributed by atoms with E-state index in [4.69, 9.17) is 5.73 Å². The molecule has 1 heterocycles. The van der Waals surface area contributed by atoms with Crippen molar-refractivity contribution >= 4 is 11.7 Å². The van der Waals surface area contributed by atoms with Crippen molar-refractivity contribution < 1.29 is 9.18 Å². The Labute approximate surface area is 196 Å². The zero-order chi connectivity index (χ0) is 23.0. The molecule has 3 atom stereocenters. The highest BCUT2D eigenvalue weighted by molar-refractivity contribution is 5.89. The third-order valence-electron chi connectivity index (χ3n) is 7.18. The van der Waals surface area contributed by atoms with Gasteiger partial charge in [0.05, 0.1) is 0 Å². The van der Waals surface area contributed by atoms with Crippen molar-refractivity contribution in [2.24, 2.45) is 17.6 Å². The fourth-order valence-electron chi connectivity index (χ4n) is 5.50. The normalized spacial score (nSPS) is 23.8. The first-order valence-electron chi connectivity index (χ1n) is 12.4. The maximum atomic E-state index is 13.2. The number of anilines is 1. The van der Waals surface area contributed by atoms with Crippen LogP contribution < -0.4 is 16.4 Å². The molecule has 2 fully saturated rings. The van der Waals surface area contributed by atoms with Gasteiger partial charge in [-0.05, 0) is 85.9 Å². The zero-order valence-corrected chi connectivity index (χ0v) is 19.4. The number of hydrogen-bond donors (Lipinski definition) is 3. The average Bonchev–Trinajstić information content (AvgIpc) is 2.82. The van der Waals surface area contributed by atoms with Crippen molar-refractivity contribution in [1.29, 1.82) is 0 Å². The molecule has 178 valence electrons. The molecule has 2 aliphatic rings. The number of nitrogens with one attached hydrogen (secondary N) is 2. The second-order valence-corrected chi connectivity index (χ2v) is 9.75. The van der Waals surface area contributed by atoms with E-state index < -0.39 is 0 Å². The number of nitrogens with zero attached hydrogens (tertiary/aromatic N) is 1. The Kier molecular flexibility index (Phi) is 8.35. The highest BCUT2D eigenvalue weighted by atomic mass is 19.1. The fourth-order valence-corrected chi connectivity index (χ4v) is 5.50. The third-order valence-corrected chi connectivity index (χ3v) is 7.18. The number of likely N-dealkylation sites (tertiary alicyclic amines) is 1. The van der Waals surface area contributed by atoms with Crippen molar-refractivity contribution in [3.05, 3.63) is 65.5 Å². The summed E-state index contributed by atoms with van der Waals surface area (Å²) in [5.41, 5.74) is 8.72. The zero-order valence-electron chi connectivity index (χ0n) is 19.4. The van der Waals surface area contributed by atoms with Gasteiger partial charge in [0.15, 0.2) is 0 Å². The molecule has 4 N–H and O–H groups in total. The molecule has 2 aromatic carbocycles. The number of nitrogens with two attached hydrogens (primary N) is 1. The summed E-state index contributed by atoms with van der Waals surface area (Å²) in [7, 11) is 0. The lowest BCUT2D eigenvalue weighted by atomic mass is 9.83. The van der Waals surface area contributed by atoms with Crippen molar-refractivity contribution in [2.45, 2.75) is 57.5 Å². The molecule has 6 heteroatoms. The topological polar surface area (TPSA) is 70.4 Å². The van der Waals surface area contributed by atoms with Gasteiger partial charge in [-0.2, -0.15) is 0 Å². The summed E-state index contributed by atoms with van der Waals surface area (Å²) in [5, 5.41) is 6.24. The Morgan fingerprint density at radius 1 is 1.03 bits per heavy atom. The lowest BCUT2D eigenvalue weighted by Gasteiger charge is -2.39. The molecule has 1 aliphatic heterocycles. The van der Waals surface area contributed by atoms with E-state index in [1.807, 2.05) is 36.4 Å². The summed E-state index contributed by atoms with van der Waals surface area (Å²) in [4.78, 5) is 15.3. The minimum absolute atomic E-state index is 0.131. The van der Waals surface area contributed by atoms with Crippen LogP contribution in [0.2, 0.25) is 0 Å². The summed E-state index contributed by atoms with van der Waals surface area (Å²) >= 11 is 0. The van der Waals surface area contributed by atoms with Crippen LogP contribution in [0.3, 0.4) is 0 Å². The smallest absolute Gasteiger partial charge is 0.319 e. The van der Waals surface area contributed by atoms with E-state index >= 15 is 0 Å². The van der Waals surface area contributed by atoms with Crippen molar-refractivity contribution in [2.75, 3.05) is 25.0 Å². The van der Waals surface area contributed by atoms with Crippen LogP contribution in [-0.4, -0.2) is 36.6 Å². The summed E-state index contributed by atoms with van der Waals surface area (Å²) in [6, 6.07) is 14.7. The van der Waals surface area contributed by atoms with E-state index in [0.717, 1.165) is 56.6 Å². The number of rotatable bonds is 7. The Hall–Kier alpha value is -2.44. The molecule has 0 spiro atoms. The summed E-state index contributed by atoms with van der Waals surface area (Å²) in [6.07, 6.45) is 8.03. The standard InChI is InChI=1S/C27H37FN4O/c28-24-12-10-20(11-13-24)15-22-6-4-14-32(18-22)19-23-7-1-2-9-26(23)31-27(33)30-25-8-3-5-21(16-25)17-29/h3,5,8,10-13,16,22-23,26H,1-2,4,6-7,9,14-15,17-19,29H2,(H2,30,31,33)/t22-,23-,26+/m0/s1. The molecular formula is C27H37FN4O. The Morgan fingerprint density at radius 2 is 1.85 bits per heavy atom. The molecular weight excluding hydrogens is 415 g/mol. The van der Waals surface area contributed by atoms with Crippen LogP contribution in [0, 0.1) is 17.7 Å². The van der Waals surface area contributed by atoms with Gasteiger partial charge in [-0.3, -0.25) is 0 Å². The Bertz CT molecular complexity index is 903. The number of hydrogen-bond acceptors (Lipinski definition) is 3. The largest absolute Gasteiger partial charge is 0.335 e. The first-order chi connectivity index (χ1) is 16.1. The number of piperidine rings is 1. The van der Waals surface area contributed by atoms with Crippen LogP contribution in [0.15, 0.2) is 48.5 Å². The van der Waals surface area contributed by atoms with Gasteiger partial charge >= 0.3 is 6.03 Å². The van der Waals surface area contributed by atoms with E-state index in [2.05, 4.69) is 15.5 Å². The number of halogens is 1. The number of amides is 2. The fraction of sp³-hybridized carbons (Fsp3) is 0.519. The highest BCUT2D eigenvalue weighted by Crippen LogP contribution is 2.28. The molecule has 0 aromatic heterocycles. The molecule has 1 saturated carbocycles. The maximum Gasteiger partial charge on any atom is 0.319 e. The average molecular weight is 453 g/mol. The first-order valence-corrected chi connectivity index (χ1v) is 12.4. The number of benzene rings is 2. The SMILES string of the molecule is NCc1cccc(NC(=O)N[C@@H]2CCCC[C@H]2CN2CCC[C@@H](Cc3ccc(F)cc3)C2)c1. The maximum absolute atomic E-state index is 13.2. The Morgan fingerprint density at radius 3 is 2.67 bits per heavy atom. The predicted molar refractivity (Wildman–Crippen MR) is 132 cm³/mol. The quantitative estimate of drug-likeness (QED) is 0.558. The number of carbonyl (C=O) groups is 1. The second-order valence-electron chi connectivity index (χ2n) is 9.75. The number of urea groups is 1. The molecule has 0 unspecified atom stereocenters. The lowest BCUT2D eigenvalue weighted by Crippen LogP contribution is -2.49. The van der Waals surface area contributed by atoms with E-state index in [1.165, 1.54) is 24.8 Å². The molecule has 1 saturated heterocycles. The Balaban J connectivity index is 1.30. The second kappa shape index (κ2) is 11.6. The summed E-state index contributed by atoms with van der Waals surface area (Å²) < 4.78 is 13.2. The monoisotopic (exact) mass is 452 g/mol. The molecule has 4 rings (SSSR count). The molecule has 1 aliphatic carbocycles. The van der Waals surface area contributed by atoms with Crippen molar-refractivity contribution in [3.63, 3.8) is 0 Å². The summed E-state index contributed by atoms with van der Waals surface area (Å²) in [6.45, 7) is 3.70. The van der Waals surface area contributed by atoms with E-state index in [1.54, 1.807) is 12.1 Å². The van der Waals surface area contributed by atoms with Gasteiger partial charge in [0.1, 0.15) is 5.82 Å². The molecule has 33 heavy (non-hydrogen) atoms. The predicted octanol–water partition coefficient (Wildman–Crippen LogP) is 4.92. The number of carbonyl (C=O) groups excluding carboxylic acids is 1. The van der Waals surface area contributed by atoms with Crippen LogP contribution in [-0.2, 0) is 13.0 Å². The van der Waals surface area contributed by atoms with Crippen LogP contribution in [0.4, 0.5) is 14.9 Å². The van der Waals surface area contributed by atoms with Gasteiger partial charge in [0.25, 0.3) is 0 Å². The van der Waals surface area contributed by atoms with E-state index in [0.29, 0.717) is 18.4 Å². The van der Waals surface area contributed by atoms with Gasteiger partial charge in [-0.15, -0.1) is 0 Å². The minimum Gasteiger partial charge on any atom is -0.335 e. The first kappa shape index (κ1) is 23.7. The summed E-state index contributed by atoms with van der Waals surface area (Å²) in [5.74, 6) is 0.915. The van der Waals surface area contributed by atoms with Crippen LogP contribution >= 0.6 is 0 Å². The van der Waals surface area contributed by atoms with Gasteiger partial charge in [-0.1, -0.05) is 37.1 Å². The lowest BCUT2D eigenvalue weighted by molar-refractivity contribution is 0.123. The molecule has 2 amide bonds. The van der Waals surface area contributed by atoms with E-state index in [9.17, 15) is 9.18 Å². The van der Waals surface area contributed by atoms with Gasteiger partial charge in [0, 0.05) is 31.4 Å². The van der Waals surface area contributed by atoms with Gasteiger partial charge in [0.2, 0.25) is 0 Å². The van der Waals surface area contributed by atoms with Gasteiger partial charge in [-0.25, -0.2) is 9.18 Å². The molecule has 0 radical (unpaired) electrons. The van der Waals surface area contributed by atoms with Crippen molar-refractivity contribution in [3.8, 4) is 0 Å².